The molecule has 170 valence electrons. The Hall–Kier alpha value is -1.35. The highest BCUT2D eigenvalue weighted by atomic mass is 127. The Morgan fingerprint density at radius 3 is 2.50 bits per heavy atom. The van der Waals surface area contributed by atoms with Crippen molar-refractivity contribution >= 4 is 41.5 Å². The highest BCUT2D eigenvalue weighted by Gasteiger charge is 2.21. The van der Waals surface area contributed by atoms with Crippen molar-refractivity contribution in [1.29, 1.82) is 0 Å². The van der Waals surface area contributed by atoms with Crippen LogP contribution in [-0.2, 0) is 11.3 Å². The van der Waals surface area contributed by atoms with Crippen molar-refractivity contribution in [3.8, 4) is 0 Å². The van der Waals surface area contributed by atoms with Gasteiger partial charge in [-0.25, -0.2) is 4.99 Å². The number of hydrogen-bond donors (Lipinski definition) is 3. The molecule has 1 aromatic carbocycles. The zero-order chi connectivity index (χ0) is 21.2. The lowest BCUT2D eigenvalue weighted by Crippen LogP contribution is -2.49. The number of nitrogens with zero attached hydrogens (tertiary/aromatic N) is 2. The van der Waals surface area contributed by atoms with E-state index in [1.807, 2.05) is 38.1 Å². The van der Waals surface area contributed by atoms with Crippen molar-refractivity contribution in [1.82, 2.24) is 15.5 Å². The number of halogens is 1. The molecule has 1 fully saturated rings. The molecule has 0 unspecified atom stereocenters. The van der Waals surface area contributed by atoms with Gasteiger partial charge in [0.1, 0.15) is 0 Å². The predicted octanol–water partition coefficient (Wildman–Crippen LogP) is 4.22. The van der Waals surface area contributed by atoms with Gasteiger partial charge in [0.15, 0.2) is 5.96 Å². The van der Waals surface area contributed by atoms with Gasteiger partial charge in [-0.2, -0.15) is 0 Å². The molecule has 0 aliphatic carbocycles. The van der Waals surface area contributed by atoms with E-state index < -0.39 is 0 Å². The molecule has 1 amide bonds. The van der Waals surface area contributed by atoms with Crippen LogP contribution in [0.25, 0.3) is 0 Å². The first-order chi connectivity index (χ1) is 13.9. The number of piperidine rings is 1. The minimum atomic E-state index is 0. The van der Waals surface area contributed by atoms with Crippen molar-refractivity contribution in [2.45, 2.75) is 72.5 Å². The highest BCUT2D eigenvalue weighted by molar-refractivity contribution is 14.0. The third kappa shape index (κ3) is 9.64. The molecule has 3 N–H and O–H groups in total. The number of carbonyl (C=O) groups excluding carboxylic acids is 1. The fourth-order valence-electron chi connectivity index (χ4n) is 3.57. The summed E-state index contributed by atoms with van der Waals surface area (Å²) in [5.74, 6) is 1.28. The Morgan fingerprint density at radius 2 is 1.90 bits per heavy atom. The molecular weight excluding hydrogens is 489 g/mol. The number of guanidine groups is 1. The van der Waals surface area contributed by atoms with Gasteiger partial charge >= 0.3 is 0 Å². The summed E-state index contributed by atoms with van der Waals surface area (Å²) in [6.45, 7) is 14.4. The van der Waals surface area contributed by atoms with Crippen molar-refractivity contribution in [3.63, 3.8) is 0 Å². The Bertz CT molecular complexity index is 669. The van der Waals surface area contributed by atoms with E-state index in [1.54, 1.807) is 0 Å². The van der Waals surface area contributed by atoms with E-state index >= 15 is 0 Å². The number of rotatable bonds is 8. The summed E-state index contributed by atoms with van der Waals surface area (Å²) in [6.07, 6.45) is 2.81. The van der Waals surface area contributed by atoms with Gasteiger partial charge in [-0.3, -0.25) is 4.79 Å². The van der Waals surface area contributed by atoms with Crippen LogP contribution >= 0.6 is 24.0 Å². The first-order valence-electron chi connectivity index (χ1n) is 11.0. The summed E-state index contributed by atoms with van der Waals surface area (Å²) in [7, 11) is 0. The third-order valence-electron chi connectivity index (χ3n) is 5.17. The molecule has 6 nitrogen and oxygen atoms in total. The van der Waals surface area contributed by atoms with E-state index in [0.29, 0.717) is 31.0 Å². The van der Waals surface area contributed by atoms with E-state index in [4.69, 9.17) is 4.99 Å². The largest absolute Gasteiger partial charge is 0.357 e. The number of likely N-dealkylation sites (tertiary alicyclic amines) is 1. The molecule has 0 spiro atoms. The first-order valence-corrected chi connectivity index (χ1v) is 11.0. The summed E-state index contributed by atoms with van der Waals surface area (Å²) in [6, 6.07) is 9.03. The van der Waals surface area contributed by atoms with Crippen LogP contribution in [0.2, 0.25) is 0 Å². The molecule has 7 heteroatoms. The molecule has 0 bridgehead atoms. The van der Waals surface area contributed by atoms with Crippen molar-refractivity contribution in [2.75, 3.05) is 25.0 Å². The van der Waals surface area contributed by atoms with Crippen LogP contribution in [-0.4, -0.2) is 48.5 Å². The fraction of sp³-hybridized carbons (Fsp3) is 0.652. The average Bonchev–Trinajstić information content (AvgIpc) is 2.66. The van der Waals surface area contributed by atoms with Crippen LogP contribution in [0.1, 0.15) is 59.4 Å². The van der Waals surface area contributed by atoms with E-state index in [9.17, 15) is 4.79 Å². The number of nitrogens with one attached hydrogen (secondary N) is 3. The van der Waals surface area contributed by atoms with E-state index in [2.05, 4.69) is 41.6 Å². The zero-order valence-corrected chi connectivity index (χ0v) is 21.5. The topological polar surface area (TPSA) is 68.8 Å². The molecule has 2 rings (SSSR count). The second kappa shape index (κ2) is 13.9. The molecule has 1 aliphatic heterocycles. The van der Waals surface area contributed by atoms with Gasteiger partial charge in [0.25, 0.3) is 0 Å². The molecule has 1 saturated heterocycles. The summed E-state index contributed by atoms with van der Waals surface area (Å²) < 4.78 is 0. The Balaban J connectivity index is 0.00000450. The van der Waals surface area contributed by atoms with Crippen LogP contribution in [0.5, 0.6) is 0 Å². The lowest BCUT2D eigenvalue weighted by Gasteiger charge is -2.35. The van der Waals surface area contributed by atoms with E-state index in [-0.39, 0.29) is 29.9 Å². The summed E-state index contributed by atoms with van der Waals surface area (Å²) >= 11 is 0. The molecule has 1 aliphatic rings. The van der Waals surface area contributed by atoms with Crippen LogP contribution in [0.15, 0.2) is 29.3 Å². The number of amides is 1. The molecular formula is C23H40IN5O. The van der Waals surface area contributed by atoms with Crippen molar-refractivity contribution in [2.24, 2.45) is 10.9 Å². The maximum Gasteiger partial charge on any atom is 0.224 e. The smallest absolute Gasteiger partial charge is 0.224 e. The van der Waals surface area contributed by atoms with Crippen LogP contribution in [0.4, 0.5) is 5.69 Å². The molecule has 0 aromatic heterocycles. The van der Waals surface area contributed by atoms with E-state index in [0.717, 1.165) is 49.7 Å². The lowest BCUT2D eigenvalue weighted by atomic mass is 10.0. The second-order valence-electron chi connectivity index (χ2n) is 8.59. The van der Waals surface area contributed by atoms with Crippen LogP contribution < -0.4 is 16.0 Å². The normalized spacial score (nSPS) is 15.8. The number of benzene rings is 1. The number of anilines is 1. The number of hydrogen-bond acceptors (Lipinski definition) is 3. The first kappa shape index (κ1) is 26.7. The molecule has 1 aromatic rings. The van der Waals surface area contributed by atoms with E-state index in [1.165, 1.54) is 0 Å². The van der Waals surface area contributed by atoms with Gasteiger partial charge in [0, 0.05) is 43.8 Å². The van der Waals surface area contributed by atoms with Gasteiger partial charge in [0.05, 0.1) is 6.54 Å². The second-order valence-corrected chi connectivity index (χ2v) is 8.59. The number of aliphatic imine (C=N–C) groups is 1. The molecule has 30 heavy (non-hydrogen) atoms. The zero-order valence-electron chi connectivity index (χ0n) is 19.2. The molecule has 1 heterocycles. The number of carbonyl (C=O) groups is 1. The molecule has 0 radical (unpaired) electrons. The van der Waals surface area contributed by atoms with Gasteiger partial charge in [-0.1, -0.05) is 26.0 Å². The van der Waals surface area contributed by atoms with Gasteiger partial charge < -0.3 is 20.9 Å². The predicted molar refractivity (Wildman–Crippen MR) is 138 cm³/mol. The Morgan fingerprint density at radius 1 is 1.20 bits per heavy atom. The summed E-state index contributed by atoms with van der Waals surface area (Å²) in [4.78, 5) is 19.3. The summed E-state index contributed by atoms with van der Waals surface area (Å²) in [5.41, 5.74) is 1.92. The molecule has 0 saturated carbocycles. The van der Waals surface area contributed by atoms with Crippen LogP contribution in [0.3, 0.4) is 0 Å². The monoisotopic (exact) mass is 529 g/mol. The fourth-order valence-corrected chi connectivity index (χ4v) is 3.57. The average molecular weight is 530 g/mol. The van der Waals surface area contributed by atoms with Crippen LogP contribution in [0, 0.1) is 5.92 Å². The third-order valence-corrected chi connectivity index (χ3v) is 5.17. The minimum absolute atomic E-state index is 0. The quantitative estimate of drug-likeness (QED) is 0.268. The highest BCUT2D eigenvalue weighted by Crippen LogP contribution is 2.14. The Kier molecular flexibility index (Phi) is 12.3. The Labute approximate surface area is 199 Å². The van der Waals surface area contributed by atoms with Gasteiger partial charge in [0.2, 0.25) is 5.91 Å². The van der Waals surface area contributed by atoms with Crippen molar-refractivity contribution in [3.05, 3.63) is 29.8 Å². The van der Waals surface area contributed by atoms with Gasteiger partial charge in [-0.05, 0) is 57.2 Å². The SMILES string of the molecule is CCNC(=NCc1cccc(NC(=O)CC(C)C)c1)NC1CCN(C(C)C)CC1.I. The summed E-state index contributed by atoms with van der Waals surface area (Å²) in [5, 5.41) is 9.94. The van der Waals surface area contributed by atoms with Gasteiger partial charge in [-0.15, -0.1) is 24.0 Å². The maximum absolute atomic E-state index is 12.0. The lowest BCUT2D eigenvalue weighted by molar-refractivity contribution is -0.116. The maximum atomic E-state index is 12.0. The molecule has 0 atom stereocenters. The van der Waals surface area contributed by atoms with Crippen molar-refractivity contribution < 1.29 is 4.79 Å². The minimum Gasteiger partial charge on any atom is -0.357 e. The standard InChI is InChI=1S/C23H39N5O.HI/c1-6-24-23(27-20-10-12-28(13-11-20)18(4)5)25-16-19-8-7-9-21(15-19)26-22(29)14-17(2)3;/h7-9,15,17-18,20H,6,10-14,16H2,1-5H3,(H,26,29)(H2,24,25,27);1H.